The predicted molar refractivity (Wildman–Crippen MR) is 62.9 cm³/mol. The molecule has 1 heterocycles. The highest BCUT2D eigenvalue weighted by atomic mass is 16.2. The average molecular weight is 201 g/mol. The third-order valence-electron chi connectivity index (χ3n) is 2.58. The lowest BCUT2D eigenvalue weighted by Crippen LogP contribution is -1.92. The van der Waals surface area contributed by atoms with Crippen LogP contribution in [-0.4, -0.2) is 16.3 Å². The van der Waals surface area contributed by atoms with Gasteiger partial charge >= 0.3 is 0 Å². The smallest absolute Gasteiger partial charge is 0.0486 e. The Hall–Kier alpha value is -1.54. The molecule has 0 aliphatic heterocycles. The number of hydrogen-bond donors (Lipinski definition) is 1. The van der Waals surface area contributed by atoms with Gasteiger partial charge in [-0.15, -0.1) is 6.58 Å². The molecule has 0 aliphatic carbocycles. The maximum atomic E-state index is 8.99. The van der Waals surface area contributed by atoms with Crippen LogP contribution in [0, 0.1) is 0 Å². The number of nitrogens with zero attached hydrogens (tertiary/aromatic N) is 1. The summed E-state index contributed by atoms with van der Waals surface area (Å²) in [5, 5.41) is 10.2. The molecule has 1 N–H and O–H groups in total. The van der Waals surface area contributed by atoms with Crippen LogP contribution in [0.2, 0.25) is 0 Å². The van der Waals surface area contributed by atoms with Crippen molar-refractivity contribution >= 4 is 10.9 Å². The van der Waals surface area contributed by atoms with E-state index in [9.17, 15) is 0 Å². The van der Waals surface area contributed by atoms with Crippen LogP contribution in [0.15, 0.2) is 43.1 Å². The average Bonchev–Trinajstić information content (AvgIpc) is 2.59. The third-order valence-corrected chi connectivity index (χ3v) is 2.58. The van der Waals surface area contributed by atoms with Crippen LogP contribution in [0.25, 0.3) is 10.9 Å². The SMILES string of the molecule is C=CCn1cc(CCO)c2ccccc21. The van der Waals surface area contributed by atoms with Crippen LogP contribution in [-0.2, 0) is 13.0 Å². The third kappa shape index (κ3) is 1.81. The first-order valence-electron chi connectivity index (χ1n) is 5.15. The normalized spacial score (nSPS) is 10.7. The summed E-state index contributed by atoms with van der Waals surface area (Å²) in [5.74, 6) is 0. The van der Waals surface area contributed by atoms with E-state index in [1.807, 2.05) is 18.2 Å². The van der Waals surface area contributed by atoms with Crippen molar-refractivity contribution in [2.45, 2.75) is 13.0 Å². The summed E-state index contributed by atoms with van der Waals surface area (Å²) in [6.45, 7) is 4.76. The monoisotopic (exact) mass is 201 g/mol. The molecule has 2 heteroatoms. The van der Waals surface area contributed by atoms with Crippen LogP contribution in [0.3, 0.4) is 0 Å². The summed E-state index contributed by atoms with van der Waals surface area (Å²) in [5.41, 5.74) is 2.41. The topological polar surface area (TPSA) is 25.2 Å². The van der Waals surface area contributed by atoms with E-state index in [4.69, 9.17) is 5.11 Å². The molecule has 0 fully saturated rings. The van der Waals surface area contributed by atoms with Gasteiger partial charge in [0.1, 0.15) is 0 Å². The van der Waals surface area contributed by atoms with Gasteiger partial charge in [0.15, 0.2) is 0 Å². The van der Waals surface area contributed by atoms with E-state index < -0.39 is 0 Å². The van der Waals surface area contributed by atoms with Crippen molar-refractivity contribution < 1.29 is 5.11 Å². The van der Waals surface area contributed by atoms with Crippen molar-refractivity contribution in [3.05, 3.63) is 48.7 Å². The Kier molecular flexibility index (Phi) is 2.88. The maximum absolute atomic E-state index is 8.99. The fraction of sp³-hybridized carbons (Fsp3) is 0.231. The van der Waals surface area contributed by atoms with E-state index in [-0.39, 0.29) is 6.61 Å². The van der Waals surface area contributed by atoms with E-state index in [0.717, 1.165) is 6.54 Å². The van der Waals surface area contributed by atoms with Gasteiger partial charge in [0.25, 0.3) is 0 Å². The van der Waals surface area contributed by atoms with Gasteiger partial charge in [-0.05, 0) is 18.1 Å². The molecule has 0 saturated heterocycles. The molecule has 0 bridgehead atoms. The molecule has 0 unspecified atom stereocenters. The summed E-state index contributed by atoms with van der Waals surface area (Å²) in [6.07, 6.45) is 4.70. The highest BCUT2D eigenvalue weighted by Crippen LogP contribution is 2.21. The van der Waals surface area contributed by atoms with Gasteiger partial charge in [-0.25, -0.2) is 0 Å². The Morgan fingerprint density at radius 3 is 2.87 bits per heavy atom. The molecule has 0 aliphatic rings. The molecule has 78 valence electrons. The molecule has 2 rings (SSSR count). The van der Waals surface area contributed by atoms with E-state index in [0.29, 0.717) is 6.42 Å². The number of aliphatic hydroxyl groups is 1. The zero-order chi connectivity index (χ0) is 10.7. The number of hydrogen-bond acceptors (Lipinski definition) is 1. The summed E-state index contributed by atoms with van der Waals surface area (Å²) in [4.78, 5) is 0. The minimum atomic E-state index is 0.197. The standard InChI is InChI=1S/C13H15NO/c1-2-8-14-10-11(7-9-15)12-5-3-4-6-13(12)14/h2-6,10,15H,1,7-9H2. The van der Waals surface area contributed by atoms with Crippen LogP contribution in [0.4, 0.5) is 0 Å². The van der Waals surface area contributed by atoms with Gasteiger partial charge in [0.2, 0.25) is 0 Å². The molecular formula is C13H15NO. The van der Waals surface area contributed by atoms with Crippen molar-refractivity contribution in [3.63, 3.8) is 0 Å². The Labute approximate surface area is 89.5 Å². The fourth-order valence-corrected chi connectivity index (χ4v) is 1.93. The number of allylic oxidation sites excluding steroid dienone is 1. The van der Waals surface area contributed by atoms with Crippen LogP contribution >= 0.6 is 0 Å². The van der Waals surface area contributed by atoms with Gasteiger partial charge in [-0.3, -0.25) is 0 Å². The Bertz CT molecular complexity index is 470. The first-order valence-corrected chi connectivity index (χ1v) is 5.15. The number of rotatable bonds is 4. The Morgan fingerprint density at radius 1 is 1.33 bits per heavy atom. The van der Waals surface area contributed by atoms with Crippen molar-refractivity contribution in [3.8, 4) is 0 Å². The van der Waals surface area contributed by atoms with Gasteiger partial charge in [0, 0.05) is 30.3 Å². The zero-order valence-corrected chi connectivity index (χ0v) is 8.69. The summed E-state index contributed by atoms with van der Waals surface area (Å²) < 4.78 is 2.16. The molecule has 0 saturated carbocycles. The predicted octanol–water partition coefficient (Wildman–Crippen LogP) is 2.36. The number of aromatic nitrogens is 1. The van der Waals surface area contributed by atoms with Crippen molar-refractivity contribution in [2.75, 3.05) is 6.61 Å². The molecule has 15 heavy (non-hydrogen) atoms. The number of para-hydroxylation sites is 1. The number of aliphatic hydroxyl groups excluding tert-OH is 1. The van der Waals surface area contributed by atoms with E-state index in [1.165, 1.54) is 16.5 Å². The number of fused-ring (bicyclic) bond motifs is 1. The largest absolute Gasteiger partial charge is 0.396 e. The van der Waals surface area contributed by atoms with Gasteiger partial charge in [-0.1, -0.05) is 24.3 Å². The van der Waals surface area contributed by atoms with Gasteiger partial charge in [-0.2, -0.15) is 0 Å². The molecule has 0 radical (unpaired) electrons. The summed E-state index contributed by atoms with van der Waals surface area (Å²) in [6, 6.07) is 8.26. The molecule has 2 nitrogen and oxygen atoms in total. The van der Waals surface area contributed by atoms with Crippen LogP contribution in [0.5, 0.6) is 0 Å². The van der Waals surface area contributed by atoms with E-state index in [2.05, 4.69) is 29.5 Å². The van der Waals surface area contributed by atoms with Crippen molar-refractivity contribution in [1.29, 1.82) is 0 Å². The highest BCUT2D eigenvalue weighted by Gasteiger charge is 2.05. The minimum Gasteiger partial charge on any atom is -0.396 e. The molecule has 0 amide bonds. The van der Waals surface area contributed by atoms with Crippen LogP contribution in [0.1, 0.15) is 5.56 Å². The fourth-order valence-electron chi connectivity index (χ4n) is 1.93. The van der Waals surface area contributed by atoms with E-state index >= 15 is 0 Å². The molecule has 1 aromatic carbocycles. The summed E-state index contributed by atoms with van der Waals surface area (Å²) in [7, 11) is 0. The van der Waals surface area contributed by atoms with Crippen LogP contribution < -0.4 is 0 Å². The zero-order valence-electron chi connectivity index (χ0n) is 8.69. The molecule has 0 atom stereocenters. The lowest BCUT2D eigenvalue weighted by Gasteiger charge is -1.99. The Balaban J connectivity index is 2.56. The van der Waals surface area contributed by atoms with Crippen molar-refractivity contribution in [1.82, 2.24) is 4.57 Å². The second-order valence-electron chi connectivity index (χ2n) is 3.59. The minimum absolute atomic E-state index is 0.197. The Morgan fingerprint density at radius 2 is 2.13 bits per heavy atom. The lowest BCUT2D eigenvalue weighted by atomic mass is 10.1. The maximum Gasteiger partial charge on any atom is 0.0486 e. The lowest BCUT2D eigenvalue weighted by molar-refractivity contribution is 0.300. The quantitative estimate of drug-likeness (QED) is 0.755. The molecule has 1 aromatic heterocycles. The highest BCUT2D eigenvalue weighted by molar-refractivity contribution is 5.84. The number of benzene rings is 1. The summed E-state index contributed by atoms with van der Waals surface area (Å²) >= 11 is 0. The van der Waals surface area contributed by atoms with E-state index in [1.54, 1.807) is 0 Å². The second-order valence-corrected chi connectivity index (χ2v) is 3.59. The molecule has 0 spiro atoms. The molecular weight excluding hydrogens is 186 g/mol. The van der Waals surface area contributed by atoms with Crippen molar-refractivity contribution in [2.24, 2.45) is 0 Å². The first-order chi connectivity index (χ1) is 7.36. The second kappa shape index (κ2) is 4.32. The molecule has 2 aromatic rings. The first kappa shape index (κ1) is 9.99. The van der Waals surface area contributed by atoms with Gasteiger partial charge in [0.05, 0.1) is 0 Å². The van der Waals surface area contributed by atoms with Gasteiger partial charge < -0.3 is 9.67 Å².